The molecular weight excluding hydrogens is 172 g/mol. The summed E-state index contributed by atoms with van der Waals surface area (Å²) in [6.07, 6.45) is 0.0913. The Balaban J connectivity index is 2.69. The molecule has 0 aromatic carbocycles. The van der Waals surface area contributed by atoms with Gasteiger partial charge >= 0.3 is 0 Å². The van der Waals surface area contributed by atoms with Crippen LogP contribution in [0.4, 0.5) is 0 Å². The summed E-state index contributed by atoms with van der Waals surface area (Å²) in [5.74, 6) is 5.42. The van der Waals surface area contributed by atoms with Crippen molar-refractivity contribution < 1.29 is 4.74 Å². The summed E-state index contributed by atoms with van der Waals surface area (Å²) in [5, 5.41) is 2.03. The van der Waals surface area contributed by atoms with Crippen LogP contribution in [0.2, 0.25) is 0 Å². The minimum Gasteiger partial charge on any atom is -0.380 e. The second kappa shape index (κ2) is 4.57. The molecule has 0 bridgehead atoms. The minimum atomic E-state index is 0.0913. The Kier molecular flexibility index (Phi) is 3.68. The van der Waals surface area contributed by atoms with Gasteiger partial charge in [0.15, 0.2) is 0 Å². The maximum absolute atomic E-state index is 5.42. The largest absolute Gasteiger partial charge is 0.380 e. The zero-order chi connectivity index (χ0) is 8.97. The van der Waals surface area contributed by atoms with Gasteiger partial charge in [0.05, 0.1) is 12.1 Å². The molecule has 0 aliphatic carbocycles. The van der Waals surface area contributed by atoms with E-state index in [0.29, 0.717) is 0 Å². The third-order valence-electron chi connectivity index (χ3n) is 1.87. The van der Waals surface area contributed by atoms with Gasteiger partial charge in [-0.05, 0) is 18.4 Å². The molecule has 12 heavy (non-hydrogen) atoms. The van der Waals surface area contributed by atoms with Crippen LogP contribution in [0.25, 0.3) is 0 Å². The average Bonchev–Trinajstić information content (AvgIpc) is 2.58. The van der Waals surface area contributed by atoms with E-state index < -0.39 is 0 Å². The Hall–Kier alpha value is -0.420. The van der Waals surface area contributed by atoms with Crippen molar-refractivity contribution >= 4 is 11.3 Å². The van der Waals surface area contributed by atoms with Gasteiger partial charge in [-0.25, -0.2) is 5.43 Å². The fraction of sp³-hybridized carbons (Fsp3) is 0.500. The molecule has 1 aromatic heterocycles. The van der Waals surface area contributed by atoms with Gasteiger partial charge in [-0.2, -0.15) is 0 Å². The minimum absolute atomic E-state index is 0.0913. The first-order valence-electron chi connectivity index (χ1n) is 3.82. The standard InChI is InChI=1S/C8H14N2OS/c1-6(11-2)8(10-9)7-4-3-5-12-7/h3-6,8,10H,9H2,1-2H3. The van der Waals surface area contributed by atoms with Gasteiger partial charge in [0.25, 0.3) is 0 Å². The van der Waals surface area contributed by atoms with Crippen molar-refractivity contribution in [2.45, 2.75) is 19.1 Å². The third kappa shape index (κ3) is 2.04. The average molecular weight is 186 g/mol. The van der Waals surface area contributed by atoms with Crippen molar-refractivity contribution in [1.82, 2.24) is 5.43 Å². The van der Waals surface area contributed by atoms with Crippen LogP contribution in [-0.4, -0.2) is 13.2 Å². The van der Waals surface area contributed by atoms with Crippen LogP contribution in [0.5, 0.6) is 0 Å². The van der Waals surface area contributed by atoms with E-state index in [1.165, 1.54) is 4.88 Å². The molecule has 0 saturated heterocycles. The molecule has 1 heterocycles. The summed E-state index contributed by atoms with van der Waals surface area (Å²) < 4.78 is 5.19. The van der Waals surface area contributed by atoms with Crippen LogP contribution in [-0.2, 0) is 4.74 Å². The lowest BCUT2D eigenvalue weighted by Gasteiger charge is -2.20. The molecule has 4 heteroatoms. The molecule has 68 valence electrons. The molecule has 3 nitrogen and oxygen atoms in total. The number of hydrogen-bond donors (Lipinski definition) is 2. The summed E-state index contributed by atoms with van der Waals surface area (Å²) in [7, 11) is 1.68. The molecule has 3 N–H and O–H groups in total. The van der Waals surface area contributed by atoms with Gasteiger partial charge in [0, 0.05) is 12.0 Å². The maximum Gasteiger partial charge on any atom is 0.0811 e. The molecule has 1 aromatic rings. The summed E-state index contributed by atoms with van der Waals surface area (Å²) in [5.41, 5.74) is 2.74. The lowest BCUT2D eigenvalue weighted by molar-refractivity contribution is 0.0842. The van der Waals surface area contributed by atoms with E-state index in [0.717, 1.165) is 0 Å². The molecule has 0 aliphatic heterocycles. The first-order valence-corrected chi connectivity index (χ1v) is 4.70. The maximum atomic E-state index is 5.42. The molecule has 1 rings (SSSR count). The summed E-state index contributed by atoms with van der Waals surface area (Å²) in [4.78, 5) is 1.20. The molecule has 0 spiro atoms. The number of hydrazine groups is 1. The molecule has 0 fully saturated rings. The smallest absolute Gasteiger partial charge is 0.0811 e. The Morgan fingerprint density at radius 3 is 2.83 bits per heavy atom. The highest BCUT2D eigenvalue weighted by Gasteiger charge is 2.17. The molecule has 0 aliphatic rings. The van der Waals surface area contributed by atoms with Gasteiger partial charge in [0.2, 0.25) is 0 Å². The topological polar surface area (TPSA) is 47.3 Å². The Labute approximate surface area is 76.5 Å². The molecule has 0 radical (unpaired) electrons. The highest BCUT2D eigenvalue weighted by molar-refractivity contribution is 7.10. The number of nitrogens with one attached hydrogen (secondary N) is 1. The number of thiophene rings is 1. The predicted octanol–water partition coefficient (Wildman–Crippen LogP) is 1.29. The molecule has 0 amide bonds. The second-order valence-corrected chi connectivity index (χ2v) is 3.58. The van der Waals surface area contributed by atoms with Gasteiger partial charge in [0.1, 0.15) is 0 Å². The molecule has 2 unspecified atom stereocenters. The highest BCUT2D eigenvalue weighted by Crippen LogP contribution is 2.22. The Morgan fingerprint density at radius 1 is 1.67 bits per heavy atom. The number of nitrogens with two attached hydrogens (primary N) is 1. The van der Waals surface area contributed by atoms with Crippen molar-refractivity contribution in [2.75, 3.05) is 7.11 Å². The molecule has 2 atom stereocenters. The molecule has 0 saturated carbocycles. The zero-order valence-electron chi connectivity index (χ0n) is 7.28. The van der Waals surface area contributed by atoms with Crippen LogP contribution in [0.3, 0.4) is 0 Å². The highest BCUT2D eigenvalue weighted by atomic mass is 32.1. The van der Waals surface area contributed by atoms with Crippen LogP contribution in [0.15, 0.2) is 17.5 Å². The zero-order valence-corrected chi connectivity index (χ0v) is 8.10. The second-order valence-electron chi connectivity index (χ2n) is 2.60. The lowest BCUT2D eigenvalue weighted by Crippen LogP contribution is -2.35. The fourth-order valence-electron chi connectivity index (χ4n) is 1.05. The first-order chi connectivity index (χ1) is 5.79. The van der Waals surface area contributed by atoms with Crippen LogP contribution in [0.1, 0.15) is 17.8 Å². The van der Waals surface area contributed by atoms with E-state index in [2.05, 4.69) is 5.43 Å². The number of ether oxygens (including phenoxy) is 1. The van der Waals surface area contributed by atoms with Gasteiger partial charge in [-0.3, -0.25) is 5.84 Å². The lowest BCUT2D eigenvalue weighted by atomic mass is 10.1. The van der Waals surface area contributed by atoms with E-state index >= 15 is 0 Å². The van der Waals surface area contributed by atoms with E-state index in [9.17, 15) is 0 Å². The van der Waals surface area contributed by atoms with Crippen molar-refractivity contribution in [2.24, 2.45) is 5.84 Å². The SMILES string of the molecule is COC(C)C(NN)c1cccs1. The summed E-state index contributed by atoms with van der Waals surface area (Å²) >= 11 is 1.68. The predicted molar refractivity (Wildman–Crippen MR) is 50.9 cm³/mol. The van der Waals surface area contributed by atoms with Crippen LogP contribution < -0.4 is 11.3 Å². The Bertz CT molecular complexity index is 213. The van der Waals surface area contributed by atoms with Crippen molar-refractivity contribution in [3.8, 4) is 0 Å². The number of hydrogen-bond acceptors (Lipinski definition) is 4. The molecular formula is C8H14N2OS. The summed E-state index contributed by atoms with van der Waals surface area (Å²) in [6, 6.07) is 4.15. The quantitative estimate of drug-likeness (QED) is 0.550. The fourth-order valence-corrected chi connectivity index (χ4v) is 1.93. The van der Waals surface area contributed by atoms with Gasteiger partial charge < -0.3 is 4.74 Å². The van der Waals surface area contributed by atoms with E-state index in [-0.39, 0.29) is 12.1 Å². The number of rotatable bonds is 4. The Morgan fingerprint density at radius 2 is 2.42 bits per heavy atom. The van der Waals surface area contributed by atoms with E-state index in [1.807, 2.05) is 24.4 Å². The van der Waals surface area contributed by atoms with Crippen molar-refractivity contribution in [1.29, 1.82) is 0 Å². The van der Waals surface area contributed by atoms with Crippen LogP contribution >= 0.6 is 11.3 Å². The van der Waals surface area contributed by atoms with Crippen molar-refractivity contribution in [3.05, 3.63) is 22.4 Å². The van der Waals surface area contributed by atoms with E-state index in [1.54, 1.807) is 18.4 Å². The third-order valence-corrected chi connectivity index (χ3v) is 2.83. The monoisotopic (exact) mass is 186 g/mol. The normalized spacial score (nSPS) is 15.9. The number of methoxy groups -OCH3 is 1. The van der Waals surface area contributed by atoms with Gasteiger partial charge in [-0.15, -0.1) is 11.3 Å². The summed E-state index contributed by atoms with van der Waals surface area (Å²) in [6.45, 7) is 1.99. The van der Waals surface area contributed by atoms with E-state index in [4.69, 9.17) is 10.6 Å². The first kappa shape index (κ1) is 9.67. The van der Waals surface area contributed by atoms with Crippen LogP contribution in [0, 0.1) is 0 Å². The van der Waals surface area contributed by atoms with Gasteiger partial charge in [-0.1, -0.05) is 6.07 Å². The van der Waals surface area contributed by atoms with Crippen molar-refractivity contribution in [3.63, 3.8) is 0 Å².